The Morgan fingerprint density at radius 1 is 1.13 bits per heavy atom. The van der Waals surface area contributed by atoms with Gasteiger partial charge in [-0.05, 0) is 33.8 Å². The van der Waals surface area contributed by atoms with Gasteiger partial charge in [-0.15, -0.1) is 0 Å². The second-order valence-electron chi connectivity index (χ2n) is 5.86. The molecule has 0 aliphatic carbocycles. The molecule has 1 aromatic carbocycles. The van der Waals surface area contributed by atoms with Crippen molar-refractivity contribution in [1.82, 2.24) is 4.98 Å². The zero-order chi connectivity index (χ0) is 17.4. The van der Waals surface area contributed by atoms with E-state index in [4.69, 9.17) is 4.74 Å². The number of phenols is 1. The van der Waals surface area contributed by atoms with Crippen molar-refractivity contribution in [2.24, 2.45) is 0 Å². The minimum absolute atomic E-state index is 0.0299. The second-order valence-corrected chi connectivity index (χ2v) is 5.86. The SMILES string of the molecule is CC(C)Nc1cc2c(C(F)(F)F)cc(OC(C)C)nc2cc1O. The third kappa shape index (κ3) is 3.97. The van der Waals surface area contributed by atoms with Crippen molar-refractivity contribution in [3.05, 3.63) is 23.8 Å². The van der Waals surface area contributed by atoms with Crippen molar-refractivity contribution in [2.75, 3.05) is 5.32 Å². The van der Waals surface area contributed by atoms with Crippen molar-refractivity contribution >= 4 is 16.6 Å². The molecule has 4 nitrogen and oxygen atoms in total. The molecule has 0 aliphatic rings. The van der Waals surface area contributed by atoms with Crippen LogP contribution >= 0.6 is 0 Å². The molecule has 7 heteroatoms. The molecule has 0 aliphatic heterocycles. The van der Waals surface area contributed by atoms with Crippen LogP contribution in [-0.2, 0) is 6.18 Å². The number of nitrogens with zero attached hydrogens (tertiary/aromatic N) is 1. The number of pyridine rings is 1. The van der Waals surface area contributed by atoms with Crippen LogP contribution in [0.15, 0.2) is 18.2 Å². The largest absolute Gasteiger partial charge is 0.506 e. The Kier molecular flexibility index (Phi) is 4.58. The van der Waals surface area contributed by atoms with Crippen molar-refractivity contribution in [1.29, 1.82) is 0 Å². The van der Waals surface area contributed by atoms with E-state index < -0.39 is 11.7 Å². The molecule has 0 bridgehead atoms. The Morgan fingerprint density at radius 2 is 1.78 bits per heavy atom. The van der Waals surface area contributed by atoms with E-state index in [1.54, 1.807) is 13.8 Å². The topological polar surface area (TPSA) is 54.4 Å². The zero-order valence-corrected chi connectivity index (χ0v) is 13.3. The minimum Gasteiger partial charge on any atom is -0.506 e. The highest BCUT2D eigenvalue weighted by atomic mass is 19.4. The predicted molar refractivity (Wildman–Crippen MR) is 82.9 cm³/mol. The Balaban J connectivity index is 2.69. The second kappa shape index (κ2) is 6.14. The number of ether oxygens (including phenoxy) is 1. The van der Waals surface area contributed by atoms with Crippen LogP contribution in [0.1, 0.15) is 33.3 Å². The molecule has 23 heavy (non-hydrogen) atoms. The van der Waals surface area contributed by atoms with Gasteiger partial charge in [0.05, 0.1) is 22.9 Å². The molecule has 0 amide bonds. The number of fused-ring (bicyclic) bond motifs is 1. The summed E-state index contributed by atoms with van der Waals surface area (Å²) in [6.45, 7) is 7.05. The number of benzene rings is 1. The molecule has 0 spiro atoms. The summed E-state index contributed by atoms with van der Waals surface area (Å²) < 4.78 is 45.4. The van der Waals surface area contributed by atoms with Crippen LogP contribution in [0.2, 0.25) is 0 Å². The van der Waals surface area contributed by atoms with Gasteiger partial charge < -0.3 is 15.2 Å². The van der Waals surface area contributed by atoms with Gasteiger partial charge in [-0.3, -0.25) is 0 Å². The van der Waals surface area contributed by atoms with Crippen LogP contribution in [0.3, 0.4) is 0 Å². The van der Waals surface area contributed by atoms with Gasteiger partial charge in [-0.25, -0.2) is 4.98 Å². The first-order chi connectivity index (χ1) is 10.6. The first-order valence-corrected chi connectivity index (χ1v) is 7.26. The number of alkyl halides is 3. The van der Waals surface area contributed by atoms with Crippen LogP contribution in [0.5, 0.6) is 11.6 Å². The molecule has 0 unspecified atom stereocenters. The summed E-state index contributed by atoms with van der Waals surface area (Å²) in [5, 5.41) is 12.8. The highest BCUT2D eigenvalue weighted by Gasteiger charge is 2.34. The molecular formula is C16H19F3N2O2. The molecule has 126 valence electrons. The number of aromatic hydroxyl groups is 1. The van der Waals surface area contributed by atoms with Crippen LogP contribution in [0.4, 0.5) is 18.9 Å². The van der Waals surface area contributed by atoms with Gasteiger partial charge >= 0.3 is 6.18 Å². The maximum atomic E-state index is 13.4. The lowest BCUT2D eigenvalue weighted by Gasteiger charge is -2.17. The summed E-state index contributed by atoms with van der Waals surface area (Å²) in [4.78, 5) is 4.06. The molecule has 0 atom stereocenters. The summed E-state index contributed by atoms with van der Waals surface area (Å²) in [5.74, 6) is -0.280. The molecule has 0 radical (unpaired) electrons. The number of hydrogen-bond acceptors (Lipinski definition) is 4. The van der Waals surface area contributed by atoms with Crippen molar-refractivity contribution in [3.63, 3.8) is 0 Å². The number of rotatable bonds is 4. The van der Waals surface area contributed by atoms with E-state index in [-0.39, 0.29) is 40.4 Å². The monoisotopic (exact) mass is 328 g/mol. The highest BCUT2D eigenvalue weighted by Crippen LogP contribution is 2.39. The fourth-order valence-corrected chi connectivity index (χ4v) is 2.20. The maximum Gasteiger partial charge on any atom is 0.417 e. The standard InChI is InChI=1S/C16H19F3N2O2/c1-8(2)20-13-5-10-11(16(17,18)19)6-15(23-9(3)4)21-12(10)7-14(13)22/h5-9,20,22H,1-4H3. The maximum absolute atomic E-state index is 13.4. The van der Waals surface area contributed by atoms with Gasteiger partial charge in [0.1, 0.15) is 5.75 Å². The predicted octanol–water partition coefficient (Wildman–Crippen LogP) is 4.57. The summed E-state index contributed by atoms with van der Waals surface area (Å²) in [6, 6.07) is 3.32. The summed E-state index contributed by atoms with van der Waals surface area (Å²) in [5.41, 5.74) is -0.579. The van der Waals surface area contributed by atoms with Crippen LogP contribution < -0.4 is 10.1 Å². The average Bonchev–Trinajstić information content (AvgIpc) is 2.36. The quantitative estimate of drug-likeness (QED) is 0.808. The fourth-order valence-electron chi connectivity index (χ4n) is 2.20. The van der Waals surface area contributed by atoms with Crippen molar-refractivity contribution < 1.29 is 23.0 Å². The molecule has 2 rings (SSSR count). The molecule has 0 saturated carbocycles. The number of phenolic OH excluding ortho intramolecular Hbond substituents is 1. The molecule has 0 saturated heterocycles. The fraction of sp³-hybridized carbons (Fsp3) is 0.438. The summed E-state index contributed by atoms with van der Waals surface area (Å²) in [6.07, 6.45) is -4.86. The van der Waals surface area contributed by atoms with Gasteiger partial charge in [-0.2, -0.15) is 13.2 Å². The number of anilines is 1. The number of hydrogen-bond donors (Lipinski definition) is 2. The minimum atomic E-state index is -4.55. The normalized spacial score (nSPS) is 12.2. The van der Waals surface area contributed by atoms with E-state index in [2.05, 4.69) is 10.3 Å². The van der Waals surface area contributed by atoms with Gasteiger partial charge in [0.2, 0.25) is 5.88 Å². The van der Waals surface area contributed by atoms with Crippen molar-refractivity contribution in [3.8, 4) is 11.6 Å². The van der Waals surface area contributed by atoms with E-state index in [1.165, 1.54) is 12.1 Å². The number of aromatic nitrogens is 1. The lowest BCUT2D eigenvalue weighted by atomic mass is 10.1. The smallest absolute Gasteiger partial charge is 0.417 e. The number of halogens is 3. The van der Waals surface area contributed by atoms with E-state index in [1.807, 2.05) is 13.8 Å². The molecule has 2 N–H and O–H groups in total. The van der Waals surface area contributed by atoms with E-state index in [0.29, 0.717) is 0 Å². The van der Waals surface area contributed by atoms with E-state index in [0.717, 1.165) is 6.07 Å². The summed E-state index contributed by atoms with van der Waals surface area (Å²) >= 11 is 0. The van der Waals surface area contributed by atoms with E-state index in [9.17, 15) is 18.3 Å². The summed E-state index contributed by atoms with van der Waals surface area (Å²) in [7, 11) is 0. The van der Waals surface area contributed by atoms with Crippen LogP contribution in [-0.4, -0.2) is 22.2 Å². The highest BCUT2D eigenvalue weighted by molar-refractivity contribution is 5.89. The molecule has 1 aromatic heterocycles. The lowest BCUT2D eigenvalue weighted by molar-refractivity contribution is -0.136. The molecule has 0 fully saturated rings. The van der Waals surface area contributed by atoms with Gasteiger partial charge in [-0.1, -0.05) is 0 Å². The zero-order valence-electron chi connectivity index (χ0n) is 13.3. The van der Waals surface area contributed by atoms with Gasteiger partial charge in [0.25, 0.3) is 0 Å². The van der Waals surface area contributed by atoms with Gasteiger partial charge in [0, 0.05) is 23.6 Å². The van der Waals surface area contributed by atoms with E-state index >= 15 is 0 Å². The van der Waals surface area contributed by atoms with Crippen LogP contribution in [0.25, 0.3) is 10.9 Å². The third-order valence-electron chi connectivity index (χ3n) is 3.01. The lowest BCUT2D eigenvalue weighted by Crippen LogP contribution is -2.12. The average molecular weight is 328 g/mol. The first kappa shape index (κ1) is 17.2. The van der Waals surface area contributed by atoms with Gasteiger partial charge in [0.15, 0.2) is 0 Å². The Hall–Kier alpha value is -2.18. The number of nitrogens with one attached hydrogen (secondary N) is 1. The molecule has 1 heterocycles. The first-order valence-electron chi connectivity index (χ1n) is 7.26. The van der Waals surface area contributed by atoms with Crippen LogP contribution in [0, 0.1) is 0 Å². The Labute approximate surface area is 132 Å². The third-order valence-corrected chi connectivity index (χ3v) is 3.01. The molecular weight excluding hydrogens is 309 g/mol. The van der Waals surface area contributed by atoms with Crippen molar-refractivity contribution in [2.45, 2.75) is 46.0 Å². The Bertz CT molecular complexity index is 713. The molecule has 2 aromatic rings. The Morgan fingerprint density at radius 3 is 2.30 bits per heavy atom.